The maximum absolute atomic E-state index is 12.5. The predicted molar refractivity (Wildman–Crippen MR) is 338 cm³/mol. The summed E-state index contributed by atoms with van der Waals surface area (Å²) < 4.78 is 5.51. The van der Waals surface area contributed by atoms with Crippen molar-refractivity contribution in [2.45, 2.75) is 392 Å². The van der Waals surface area contributed by atoms with E-state index in [-0.39, 0.29) is 18.5 Å². The van der Waals surface area contributed by atoms with Crippen molar-refractivity contribution in [3.05, 3.63) is 36.5 Å². The first-order valence-corrected chi connectivity index (χ1v) is 34.8. The van der Waals surface area contributed by atoms with E-state index in [2.05, 4.69) is 43.5 Å². The third-order valence-corrected chi connectivity index (χ3v) is 16.2. The summed E-state index contributed by atoms with van der Waals surface area (Å²) in [5.74, 6) is -0.0487. The molecule has 2 unspecified atom stereocenters. The summed E-state index contributed by atoms with van der Waals surface area (Å²) in [6.07, 6.45) is 85.1. The summed E-state index contributed by atoms with van der Waals surface area (Å²) in [7, 11) is 0. The quantitative estimate of drug-likeness (QED) is 0.0320. The molecule has 0 aliphatic carbocycles. The van der Waals surface area contributed by atoms with E-state index in [1.54, 1.807) is 6.08 Å². The smallest absolute Gasteiger partial charge is 0.305 e. The average Bonchev–Trinajstić information content (AvgIpc) is 3.43. The Morgan fingerprint density at radius 3 is 1.01 bits per heavy atom. The van der Waals surface area contributed by atoms with Gasteiger partial charge in [0.2, 0.25) is 5.91 Å². The first-order valence-electron chi connectivity index (χ1n) is 34.8. The Morgan fingerprint density at radius 2 is 0.649 bits per heavy atom. The van der Waals surface area contributed by atoms with E-state index < -0.39 is 12.1 Å². The number of allylic oxidation sites excluding steroid dienone is 5. The Morgan fingerprint density at radius 1 is 0.364 bits per heavy atom. The highest BCUT2D eigenvalue weighted by Crippen LogP contribution is 2.18. The number of carbonyl (C=O) groups is 2. The minimum absolute atomic E-state index is 0.0150. The molecule has 0 heterocycles. The Bertz CT molecular complexity index is 1250. The molecule has 0 radical (unpaired) electrons. The molecule has 454 valence electrons. The Labute approximate surface area is 481 Å². The van der Waals surface area contributed by atoms with Crippen molar-refractivity contribution in [2.75, 3.05) is 13.2 Å². The number of hydrogen-bond acceptors (Lipinski definition) is 5. The van der Waals surface area contributed by atoms with Crippen molar-refractivity contribution in [1.29, 1.82) is 0 Å². The summed E-state index contributed by atoms with van der Waals surface area (Å²) in [4.78, 5) is 24.6. The van der Waals surface area contributed by atoms with Crippen LogP contribution in [-0.2, 0) is 14.3 Å². The van der Waals surface area contributed by atoms with Gasteiger partial charge < -0.3 is 20.3 Å². The molecule has 0 saturated carbocycles. The number of amides is 1. The minimum Gasteiger partial charge on any atom is -0.466 e. The van der Waals surface area contributed by atoms with Crippen LogP contribution in [0.4, 0.5) is 0 Å². The lowest BCUT2D eigenvalue weighted by Crippen LogP contribution is -2.45. The van der Waals surface area contributed by atoms with E-state index in [0.717, 1.165) is 51.4 Å². The Hall–Kier alpha value is -1.92. The van der Waals surface area contributed by atoms with Crippen molar-refractivity contribution < 1.29 is 24.5 Å². The zero-order valence-corrected chi connectivity index (χ0v) is 52.0. The lowest BCUT2D eigenvalue weighted by molar-refractivity contribution is -0.143. The third kappa shape index (κ3) is 63.1. The van der Waals surface area contributed by atoms with E-state index in [9.17, 15) is 19.8 Å². The molecule has 2 atom stereocenters. The van der Waals surface area contributed by atoms with Crippen LogP contribution < -0.4 is 5.32 Å². The van der Waals surface area contributed by atoms with Gasteiger partial charge in [-0.05, 0) is 64.2 Å². The van der Waals surface area contributed by atoms with Crippen LogP contribution >= 0.6 is 0 Å². The van der Waals surface area contributed by atoms with Gasteiger partial charge in [0.1, 0.15) is 0 Å². The third-order valence-electron chi connectivity index (χ3n) is 16.2. The number of nitrogens with one attached hydrogen (secondary N) is 1. The van der Waals surface area contributed by atoms with Gasteiger partial charge in [-0.1, -0.05) is 339 Å². The van der Waals surface area contributed by atoms with Gasteiger partial charge >= 0.3 is 5.97 Å². The molecule has 1 amide bonds. The van der Waals surface area contributed by atoms with Crippen LogP contribution in [0.3, 0.4) is 0 Å². The second-order valence-corrected chi connectivity index (χ2v) is 23.9. The highest BCUT2D eigenvalue weighted by atomic mass is 16.5. The van der Waals surface area contributed by atoms with Gasteiger partial charge in [0.15, 0.2) is 0 Å². The molecule has 6 nitrogen and oxygen atoms in total. The van der Waals surface area contributed by atoms with Crippen LogP contribution in [-0.4, -0.2) is 47.4 Å². The zero-order chi connectivity index (χ0) is 55.7. The number of aliphatic hydroxyl groups excluding tert-OH is 2. The fourth-order valence-corrected chi connectivity index (χ4v) is 10.8. The standard InChI is InChI=1S/C71H135NO5/c1-3-5-7-9-11-13-15-17-18-19-30-34-37-41-45-49-53-57-61-65-71(76)77-66-62-58-54-50-46-42-38-35-32-29-27-25-23-21-20-22-24-26-28-31-33-36-40-44-48-52-56-60-64-70(75)72-68(67-73)69(74)63-59-55-51-47-43-39-16-14-12-10-8-6-4-2/h11,13,17-18,59,63,68-69,73-74H,3-10,12,14-16,19-58,60-62,64-67H2,1-2H3,(H,72,75)/b13-11-,18-17-,63-59+. The molecule has 0 saturated heterocycles. The minimum atomic E-state index is -0.841. The number of carbonyl (C=O) groups excluding carboxylic acids is 2. The van der Waals surface area contributed by atoms with Gasteiger partial charge in [-0.3, -0.25) is 9.59 Å². The number of rotatable bonds is 65. The number of esters is 1. The van der Waals surface area contributed by atoms with Crippen molar-refractivity contribution >= 4 is 11.9 Å². The second-order valence-electron chi connectivity index (χ2n) is 23.9. The molecule has 0 aromatic heterocycles. The van der Waals surface area contributed by atoms with Crippen LogP contribution in [0.25, 0.3) is 0 Å². The van der Waals surface area contributed by atoms with Gasteiger partial charge in [0, 0.05) is 12.8 Å². The van der Waals surface area contributed by atoms with Crippen LogP contribution in [0, 0.1) is 0 Å². The van der Waals surface area contributed by atoms with Gasteiger partial charge in [0.05, 0.1) is 25.4 Å². The van der Waals surface area contributed by atoms with Crippen LogP contribution in [0.2, 0.25) is 0 Å². The average molecular weight is 1080 g/mol. The normalized spacial score (nSPS) is 12.7. The lowest BCUT2D eigenvalue weighted by atomic mass is 10.0. The highest BCUT2D eigenvalue weighted by Gasteiger charge is 2.18. The van der Waals surface area contributed by atoms with E-state index in [1.807, 2.05) is 6.08 Å². The van der Waals surface area contributed by atoms with Crippen LogP contribution in [0.1, 0.15) is 380 Å². The number of ether oxygens (including phenoxy) is 1. The maximum atomic E-state index is 12.5. The maximum Gasteiger partial charge on any atom is 0.305 e. The highest BCUT2D eigenvalue weighted by molar-refractivity contribution is 5.76. The Balaban J connectivity index is 3.34. The first-order chi connectivity index (χ1) is 38.0. The molecule has 0 aromatic rings. The summed E-state index contributed by atoms with van der Waals surface area (Å²) in [6, 6.07) is -0.625. The molecule has 0 rings (SSSR count). The van der Waals surface area contributed by atoms with E-state index in [0.29, 0.717) is 19.4 Å². The lowest BCUT2D eigenvalue weighted by Gasteiger charge is -2.20. The van der Waals surface area contributed by atoms with Crippen molar-refractivity contribution in [3.63, 3.8) is 0 Å². The SMILES string of the molecule is CCCCC/C=C\C/C=C\CCCCCCCCCCCC(=O)OCCCCCCCCCCCCCCCCCCCCCCCCCCCCCCC(=O)NC(CO)C(O)/C=C/CCCCCCCCCCCCC. The van der Waals surface area contributed by atoms with Gasteiger partial charge in [0.25, 0.3) is 0 Å². The number of hydrogen-bond donors (Lipinski definition) is 3. The van der Waals surface area contributed by atoms with Gasteiger partial charge in [-0.15, -0.1) is 0 Å². The van der Waals surface area contributed by atoms with Crippen LogP contribution in [0.5, 0.6) is 0 Å². The molecule has 0 spiro atoms. The monoisotopic (exact) mass is 1080 g/mol. The van der Waals surface area contributed by atoms with Gasteiger partial charge in [-0.2, -0.15) is 0 Å². The fraction of sp³-hybridized carbons (Fsp3) is 0.887. The number of unbranched alkanes of at least 4 members (excludes halogenated alkanes) is 50. The summed E-state index contributed by atoms with van der Waals surface area (Å²) in [6.45, 7) is 4.90. The summed E-state index contributed by atoms with van der Waals surface area (Å²) in [5, 5.41) is 23.1. The molecule has 77 heavy (non-hydrogen) atoms. The summed E-state index contributed by atoms with van der Waals surface area (Å²) in [5.41, 5.74) is 0. The molecule has 3 N–H and O–H groups in total. The topological polar surface area (TPSA) is 95.9 Å². The van der Waals surface area contributed by atoms with Gasteiger partial charge in [-0.25, -0.2) is 0 Å². The van der Waals surface area contributed by atoms with E-state index in [4.69, 9.17) is 4.74 Å². The zero-order valence-electron chi connectivity index (χ0n) is 52.0. The molecular weight excluding hydrogens is 947 g/mol. The van der Waals surface area contributed by atoms with E-state index in [1.165, 1.54) is 302 Å². The van der Waals surface area contributed by atoms with Crippen molar-refractivity contribution in [2.24, 2.45) is 0 Å². The molecule has 0 bridgehead atoms. The molecule has 0 fully saturated rings. The van der Waals surface area contributed by atoms with E-state index >= 15 is 0 Å². The number of aliphatic hydroxyl groups is 2. The largest absolute Gasteiger partial charge is 0.466 e. The Kier molecular flexibility index (Phi) is 64.9. The molecule has 0 aliphatic heterocycles. The molecule has 6 heteroatoms. The predicted octanol–water partition coefficient (Wildman–Crippen LogP) is 22.3. The second kappa shape index (κ2) is 66.6. The van der Waals surface area contributed by atoms with Crippen LogP contribution in [0.15, 0.2) is 36.5 Å². The molecular formula is C71H135NO5. The van der Waals surface area contributed by atoms with Crippen molar-refractivity contribution in [1.82, 2.24) is 5.32 Å². The van der Waals surface area contributed by atoms with Crippen molar-refractivity contribution in [3.8, 4) is 0 Å². The fourth-order valence-electron chi connectivity index (χ4n) is 10.8. The summed E-state index contributed by atoms with van der Waals surface area (Å²) >= 11 is 0. The molecule has 0 aromatic carbocycles. The molecule has 0 aliphatic rings. The first kappa shape index (κ1) is 75.1.